The molecule has 4 amide bonds. The van der Waals surface area contributed by atoms with Gasteiger partial charge in [0.2, 0.25) is 5.91 Å². The average molecular weight is 507 g/mol. The van der Waals surface area contributed by atoms with Crippen molar-refractivity contribution in [2.75, 3.05) is 18.4 Å². The van der Waals surface area contributed by atoms with Crippen LogP contribution < -0.4 is 10.6 Å². The first-order valence-corrected chi connectivity index (χ1v) is 12.3. The van der Waals surface area contributed by atoms with Gasteiger partial charge in [-0.15, -0.1) is 0 Å². The summed E-state index contributed by atoms with van der Waals surface area (Å²) in [5, 5.41) is 6.16. The minimum atomic E-state index is -0.835. The Kier molecular flexibility index (Phi) is 6.65. The minimum Gasteiger partial charge on any atom is -0.340 e. The van der Waals surface area contributed by atoms with Crippen LogP contribution in [0.1, 0.15) is 36.0 Å². The number of hydrogen-bond acceptors (Lipinski definition) is 4. The van der Waals surface area contributed by atoms with Gasteiger partial charge in [0.15, 0.2) is 0 Å². The molecule has 3 heterocycles. The van der Waals surface area contributed by atoms with Crippen LogP contribution in [0.5, 0.6) is 0 Å². The van der Waals surface area contributed by atoms with E-state index in [1.54, 1.807) is 39.9 Å². The average Bonchev–Trinajstić information content (AvgIpc) is 3.43. The summed E-state index contributed by atoms with van der Waals surface area (Å²) in [5.74, 6) is 0.517. The molecule has 2 aromatic carbocycles. The number of amides is 4. The van der Waals surface area contributed by atoms with E-state index in [0.717, 1.165) is 5.69 Å². The van der Waals surface area contributed by atoms with Gasteiger partial charge in [0, 0.05) is 29.8 Å². The summed E-state index contributed by atoms with van der Waals surface area (Å²) < 4.78 is 1.66. The number of nitrogens with zero attached hydrogens (tertiary/aromatic N) is 4. The molecule has 1 fully saturated rings. The largest absolute Gasteiger partial charge is 0.340 e. The van der Waals surface area contributed by atoms with E-state index in [-0.39, 0.29) is 18.0 Å². The van der Waals surface area contributed by atoms with E-state index in [2.05, 4.69) is 15.6 Å². The number of carbonyl (C=O) groups is 3. The summed E-state index contributed by atoms with van der Waals surface area (Å²) in [6.45, 7) is 3.37. The van der Waals surface area contributed by atoms with Crippen LogP contribution in [0.4, 0.5) is 15.3 Å². The van der Waals surface area contributed by atoms with Gasteiger partial charge in [0.25, 0.3) is 0 Å². The number of anilines is 1. The van der Waals surface area contributed by atoms with Gasteiger partial charge in [-0.05, 0) is 49.6 Å². The predicted molar refractivity (Wildman–Crippen MR) is 136 cm³/mol. The Morgan fingerprint density at radius 3 is 2.42 bits per heavy atom. The molecule has 10 heteroatoms. The lowest BCUT2D eigenvalue weighted by Crippen LogP contribution is -2.50. The highest BCUT2D eigenvalue weighted by Crippen LogP contribution is 2.27. The lowest BCUT2D eigenvalue weighted by molar-refractivity contribution is -0.134. The number of piperidine rings is 1. The molecule has 2 N–H and O–H groups in total. The lowest BCUT2D eigenvalue weighted by Gasteiger charge is -2.37. The summed E-state index contributed by atoms with van der Waals surface area (Å²) in [5.41, 5.74) is 2.17. The van der Waals surface area contributed by atoms with Crippen molar-refractivity contribution >= 4 is 35.3 Å². The van der Waals surface area contributed by atoms with E-state index in [4.69, 9.17) is 11.6 Å². The van der Waals surface area contributed by atoms with Crippen molar-refractivity contribution in [1.82, 2.24) is 24.7 Å². The third-order valence-electron chi connectivity index (χ3n) is 6.75. The molecule has 9 nitrogen and oxygen atoms in total. The van der Waals surface area contributed by atoms with Crippen molar-refractivity contribution < 1.29 is 14.4 Å². The topological polar surface area (TPSA) is 99.6 Å². The number of benzene rings is 2. The molecular weight excluding hydrogens is 480 g/mol. The Hall–Kier alpha value is -3.85. The Morgan fingerprint density at radius 1 is 1.06 bits per heavy atom. The number of halogens is 1. The molecule has 1 aromatic heterocycles. The van der Waals surface area contributed by atoms with Gasteiger partial charge in [-0.2, -0.15) is 0 Å². The fraction of sp³-hybridized carbons (Fsp3) is 0.308. The van der Waals surface area contributed by atoms with Crippen LogP contribution in [-0.4, -0.2) is 56.5 Å². The third-order valence-corrected chi connectivity index (χ3v) is 7.01. The molecule has 0 saturated carbocycles. The van der Waals surface area contributed by atoms with Crippen LogP contribution in [-0.2, 0) is 11.3 Å². The van der Waals surface area contributed by atoms with Crippen molar-refractivity contribution in [2.24, 2.45) is 0 Å². The van der Waals surface area contributed by atoms with Gasteiger partial charge in [0.05, 0.1) is 18.4 Å². The number of nitrogens with one attached hydrogen (secondary N) is 2. The summed E-state index contributed by atoms with van der Waals surface area (Å²) in [7, 11) is 0. The van der Waals surface area contributed by atoms with Gasteiger partial charge < -0.3 is 20.4 Å². The van der Waals surface area contributed by atoms with Gasteiger partial charge in [0.1, 0.15) is 11.9 Å². The molecule has 2 aliphatic rings. The van der Waals surface area contributed by atoms with Crippen molar-refractivity contribution in [2.45, 2.75) is 38.4 Å². The molecule has 186 valence electrons. The predicted octanol–water partition coefficient (Wildman–Crippen LogP) is 4.18. The van der Waals surface area contributed by atoms with E-state index in [9.17, 15) is 14.4 Å². The second-order valence-corrected chi connectivity index (χ2v) is 9.48. The molecule has 0 radical (unpaired) electrons. The number of carbonyl (C=O) groups excluding carboxylic acids is 3. The molecular formula is C26H27ClN6O3. The molecule has 36 heavy (non-hydrogen) atoms. The zero-order valence-corrected chi connectivity index (χ0v) is 20.6. The fourth-order valence-corrected chi connectivity index (χ4v) is 4.99. The number of aryl methyl sites for hydroxylation is 1. The maximum Gasteiger partial charge on any atom is 0.330 e. The van der Waals surface area contributed by atoms with Crippen LogP contribution in [0, 0.1) is 6.92 Å². The quantitative estimate of drug-likeness (QED) is 0.542. The number of urea groups is 1. The molecule has 0 unspecified atom stereocenters. The van der Waals surface area contributed by atoms with E-state index < -0.39 is 12.1 Å². The van der Waals surface area contributed by atoms with Crippen molar-refractivity contribution in [3.05, 3.63) is 82.9 Å². The smallest absolute Gasteiger partial charge is 0.330 e. The zero-order chi connectivity index (χ0) is 25.2. The first-order valence-electron chi connectivity index (χ1n) is 11.9. The van der Waals surface area contributed by atoms with E-state index in [0.29, 0.717) is 54.6 Å². The van der Waals surface area contributed by atoms with Crippen LogP contribution in [0.2, 0.25) is 5.02 Å². The SMILES string of the molecule is Cc1ncc2n1C(=O)N(C1CCN(C(=O)[C@H](NC(=O)Nc3ccc(Cl)cc3)c3ccccc3)CC1)C2. The van der Waals surface area contributed by atoms with Gasteiger partial charge in [-0.25, -0.2) is 14.6 Å². The van der Waals surface area contributed by atoms with Crippen molar-refractivity contribution in [1.29, 1.82) is 0 Å². The van der Waals surface area contributed by atoms with Gasteiger partial charge >= 0.3 is 12.1 Å². The summed E-state index contributed by atoms with van der Waals surface area (Å²) in [6, 6.07) is 14.6. The van der Waals surface area contributed by atoms with E-state index >= 15 is 0 Å². The van der Waals surface area contributed by atoms with Gasteiger partial charge in [-0.3, -0.25) is 9.36 Å². The van der Waals surface area contributed by atoms with Crippen LogP contribution in [0.3, 0.4) is 0 Å². The van der Waals surface area contributed by atoms with E-state index in [1.165, 1.54) is 0 Å². The van der Waals surface area contributed by atoms with Crippen LogP contribution >= 0.6 is 11.6 Å². The monoisotopic (exact) mass is 506 g/mol. The van der Waals surface area contributed by atoms with Crippen LogP contribution in [0.25, 0.3) is 0 Å². The Labute approximate surface area is 214 Å². The van der Waals surface area contributed by atoms with Crippen LogP contribution in [0.15, 0.2) is 60.8 Å². The number of rotatable bonds is 5. The molecule has 0 spiro atoms. The highest BCUT2D eigenvalue weighted by Gasteiger charge is 2.37. The maximum absolute atomic E-state index is 13.6. The normalized spacial score (nSPS) is 16.6. The Morgan fingerprint density at radius 2 is 1.75 bits per heavy atom. The standard InChI is InChI=1S/C26H27ClN6O3/c1-17-28-15-22-16-32(26(36)33(17)22)21-11-13-31(14-12-21)24(34)23(18-5-3-2-4-6-18)30-25(35)29-20-9-7-19(27)8-10-20/h2-10,15,21,23H,11-14,16H2,1H3,(H2,29,30,35)/t23-/m1/s1. The summed E-state index contributed by atoms with van der Waals surface area (Å²) >= 11 is 5.92. The molecule has 0 bridgehead atoms. The molecule has 1 saturated heterocycles. The summed E-state index contributed by atoms with van der Waals surface area (Å²) in [6.07, 6.45) is 3.09. The molecule has 3 aromatic rings. The Bertz CT molecular complexity index is 1270. The lowest BCUT2D eigenvalue weighted by atomic mass is 10.0. The fourth-order valence-electron chi connectivity index (χ4n) is 4.87. The number of imidazole rings is 1. The first kappa shape index (κ1) is 23.9. The van der Waals surface area contributed by atoms with E-state index in [1.807, 2.05) is 42.2 Å². The third kappa shape index (κ3) is 4.79. The van der Waals surface area contributed by atoms with Crippen molar-refractivity contribution in [3.63, 3.8) is 0 Å². The maximum atomic E-state index is 13.6. The molecule has 1 atom stereocenters. The summed E-state index contributed by atoms with van der Waals surface area (Å²) in [4.78, 5) is 47.1. The second-order valence-electron chi connectivity index (χ2n) is 9.05. The molecule has 0 aliphatic carbocycles. The number of hydrogen-bond donors (Lipinski definition) is 2. The Balaban J connectivity index is 1.24. The highest BCUT2D eigenvalue weighted by molar-refractivity contribution is 6.30. The zero-order valence-electron chi connectivity index (χ0n) is 19.9. The number of likely N-dealkylation sites (tertiary alicyclic amines) is 1. The van der Waals surface area contributed by atoms with Crippen molar-refractivity contribution in [3.8, 4) is 0 Å². The number of fused-ring (bicyclic) bond motifs is 1. The second kappa shape index (κ2) is 10.0. The number of aromatic nitrogens is 2. The minimum absolute atomic E-state index is 0.0486. The van der Waals surface area contributed by atoms with Gasteiger partial charge in [-0.1, -0.05) is 41.9 Å². The molecule has 2 aliphatic heterocycles. The first-order chi connectivity index (χ1) is 17.4. The highest BCUT2D eigenvalue weighted by atomic mass is 35.5. The molecule has 5 rings (SSSR count).